The molecule has 0 unspecified atom stereocenters. The Morgan fingerprint density at radius 2 is 1.64 bits per heavy atom. The summed E-state index contributed by atoms with van der Waals surface area (Å²) in [5, 5.41) is 0. The van der Waals surface area contributed by atoms with Crippen LogP contribution in [0.15, 0.2) is 41.3 Å². The Morgan fingerprint density at radius 3 is 2.36 bits per heavy atom. The summed E-state index contributed by atoms with van der Waals surface area (Å²) in [6.07, 6.45) is 5.80. The first kappa shape index (κ1) is 20.7. The average molecular weight is 412 g/mol. The molecule has 0 aliphatic heterocycles. The normalized spacial score (nSPS) is 15.8. The van der Waals surface area contributed by atoms with Gasteiger partial charge in [0.2, 0.25) is 0 Å². The first-order valence-electron chi connectivity index (χ1n) is 9.23. The van der Waals surface area contributed by atoms with Crippen molar-refractivity contribution in [2.75, 3.05) is 11.8 Å². The highest BCUT2D eigenvalue weighted by atomic mass is 32.2. The number of benzene rings is 2. The van der Waals surface area contributed by atoms with Crippen molar-refractivity contribution in [3.63, 3.8) is 0 Å². The molecule has 0 spiro atoms. The molecular formula is C20H23F3N2O2S. The molecule has 0 heterocycles. The van der Waals surface area contributed by atoms with E-state index in [4.69, 9.17) is 0 Å². The minimum absolute atomic E-state index is 0.229. The van der Waals surface area contributed by atoms with Gasteiger partial charge in [0.05, 0.1) is 5.69 Å². The Labute approximate surface area is 163 Å². The summed E-state index contributed by atoms with van der Waals surface area (Å²) < 4.78 is 68.0. The van der Waals surface area contributed by atoms with E-state index in [0.29, 0.717) is 18.7 Å². The zero-order valence-corrected chi connectivity index (χ0v) is 16.4. The second-order valence-electron chi connectivity index (χ2n) is 7.17. The minimum Gasteiger partial charge on any atom is -0.299 e. The Morgan fingerprint density at radius 1 is 1.00 bits per heavy atom. The van der Waals surface area contributed by atoms with Crippen LogP contribution < -0.4 is 4.72 Å². The molecule has 0 aromatic heterocycles. The van der Waals surface area contributed by atoms with Gasteiger partial charge in [-0.25, -0.2) is 21.6 Å². The molecule has 152 valence electrons. The van der Waals surface area contributed by atoms with Crippen LogP contribution in [0.2, 0.25) is 0 Å². The van der Waals surface area contributed by atoms with Crippen LogP contribution >= 0.6 is 0 Å². The summed E-state index contributed by atoms with van der Waals surface area (Å²) in [5.41, 5.74) is 1.01. The van der Waals surface area contributed by atoms with Crippen LogP contribution in [0.25, 0.3) is 0 Å². The standard InChI is InChI=1S/C20H23F3N2O2S/c1-25(15-8-3-2-4-9-15)13-14-7-5-6-10-19(14)24-28(26,27)20-12-17(22)16(21)11-18(20)23/h5-7,10-12,15,24H,2-4,8-9,13H2,1H3. The van der Waals surface area contributed by atoms with Gasteiger partial charge in [0.1, 0.15) is 10.7 Å². The van der Waals surface area contributed by atoms with Crippen molar-refractivity contribution in [2.24, 2.45) is 0 Å². The van der Waals surface area contributed by atoms with Crippen molar-refractivity contribution in [2.45, 2.75) is 49.6 Å². The fraction of sp³-hybridized carbons (Fsp3) is 0.400. The van der Waals surface area contributed by atoms with Crippen LogP contribution in [0, 0.1) is 17.5 Å². The maximum Gasteiger partial charge on any atom is 0.264 e. The Bertz CT molecular complexity index is 944. The van der Waals surface area contributed by atoms with E-state index in [0.717, 1.165) is 18.4 Å². The second-order valence-corrected chi connectivity index (χ2v) is 8.82. The quantitative estimate of drug-likeness (QED) is 0.702. The van der Waals surface area contributed by atoms with Crippen molar-refractivity contribution in [3.05, 3.63) is 59.4 Å². The van der Waals surface area contributed by atoms with Gasteiger partial charge in [0.25, 0.3) is 10.0 Å². The molecule has 1 N–H and O–H groups in total. The highest BCUT2D eigenvalue weighted by Crippen LogP contribution is 2.27. The number of hydrogen-bond donors (Lipinski definition) is 1. The lowest BCUT2D eigenvalue weighted by Gasteiger charge is -2.31. The van der Waals surface area contributed by atoms with Crippen molar-refractivity contribution in [1.29, 1.82) is 0 Å². The molecule has 1 saturated carbocycles. The zero-order valence-electron chi connectivity index (χ0n) is 15.6. The van der Waals surface area contributed by atoms with Gasteiger partial charge in [-0.05, 0) is 31.5 Å². The Kier molecular flexibility index (Phi) is 6.30. The van der Waals surface area contributed by atoms with Crippen LogP contribution in [0.3, 0.4) is 0 Å². The Hall–Kier alpha value is -2.06. The number of hydrogen-bond acceptors (Lipinski definition) is 3. The molecule has 0 saturated heterocycles. The number of anilines is 1. The van der Waals surface area contributed by atoms with Crippen LogP contribution in [-0.2, 0) is 16.6 Å². The summed E-state index contributed by atoms with van der Waals surface area (Å²) in [4.78, 5) is 1.26. The minimum atomic E-state index is -4.42. The molecule has 1 fully saturated rings. The predicted molar refractivity (Wildman–Crippen MR) is 102 cm³/mol. The monoisotopic (exact) mass is 412 g/mol. The summed E-state index contributed by atoms with van der Waals surface area (Å²) in [7, 11) is -2.42. The summed E-state index contributed by atoms with van der Waals surface area (Å²) in [5.74, 6) is -4.21. The maximum atomic E-state index is 13.9. The Balaban J connectivity index is 1.83. The van der Waals surface area contributed by atoms with E-state index in [9.17, 15) is 21.6 Å². The van der Waals surface area contributed by atoms with Gasteiger partial charge in [0, 0.05) is 24.7 Å². The van der Waals surface area contributed by atoms with Crippen molar-refractivity contribution >= 4 is 15.7 Å². The molecular weight excluding hydrogens is 389 g/mol. The zero-order chi connectivity index (χ0) is 20.3. The molecule has 4 nitrogen and oxygen atoms in total. The number of rotatable bonds is 6. The number of halogens is 3. The molecule has 1 aliphatic rings. The highest BCUT2D eigenvalue weighted by Gasteiger charge is 2.24. The van der Waals surface area contributed by atoms with Crippen LogP contribution in [0.5, 0.6) is 0 Å². The molecule has 2 aromatic rings. The summed E-state index contributed by atoms with van der Waals surface area (Å²) in [6, 6.07) is 7.82. The molecule has 0 bridgehead atoms. The lowest BCUT2D eigenvalue weighted by molar-refractivity contribution is 0.185. The third-order valence-electron chi connectivity index (χ3n) is 5.14. The molecule has 8 heteroatoms. The largest absolute Gasteiger partial charge is 0.299 e. The number of para-hydroxylation sites is 1. The number of sulfonamides is 1. The van der Waals surface area contributed by atoms with Gasteiger partial charge in [-0.1, -0.05) is 37.5 Å². The second kappa shape index (κ2) is 8.53. The third kappa shape index (κ3) is 4.67. The van der Waals surface area contributed by atoms with Crippen molar-refractivity contribution < 1.29 is 21.6 Å². The summed E-state index contributed by atoms with van der Waals surface area (Å²) >= 11 is 0. The van der Waals surface area contributed by atoms with E-state index in [1.54, 1.807) is 24.3 Å². The van der Waals surface area contributed by atoms with Crippen LogP contribution in [0.4, 0.5) is 18.9 Å². The number of nitrogens with zero attached hydrogens (tertiary/aromatic N) is 1. The molecule has 0 radical (unpaired) electrons. The van der Waals surface area contributed by atoms with E-state index >= 15 is 0 Å². The van der Waals surface area contributed by atoms with E-state index in [-0.39, 0.29) is 11.8 Å². The average Bonchev–Trinajstić information content (AvgIpc) is 2.66. The van der Waals surface area contributed by atoms with Crippen LogP contribution in [0.1, 0.15) is 37.7 Å². The highest BCUT2D eigenvalue weighted by molar-refractivity contribution is 7.92. The first-order chi connectivity index (χ1) is 13.3. The number of nitrogens with one attached hydrogen (secondary N) is 1. The third-order valence-corrected chi connectivity index (χ3v) is 6.52. The molecule has 0 amide bonds. The molecule has 3 rings (SSSR count). The van der Waals surface area contributed by atoms with Gasteiger partial charge in [-0.2, -0.15) is 0 Å². The van der Waals surface area contributed by atoms with Crippen LogP contribution in [-0.4, -0.2) is 26.4 Å². The molecule has 0 atom stereocenters. The van der Waals surface area contributed by atoms with E-state index in [2.05, 4.69) is 9.62 Å². The molecule has 1 aliphatic carbocycles. The van der Waals surface area contributed by atoms with Gasteiger partial charge in [0.15, 0.2) is 11.6 Å². The van der Waals surface area contributed by atoms with Gasteiger partial charge < -0.3 is 0 Å². The van der Waals surface area contributed by atoms with E-state index < -0.39 is 32.4 Å². The first-order valence-corrected chi connectivity index (χ1v) is 10.7. The van der Waals surface area contributed by atoms with Gasteiger partial charge >= 0.3 is 0 Å². The summed E-state index contributed by atoms with van der Waals surface area (Å²) in [6.45, 7) is 0.517. The molecule has 2 aromatic carbocycles. The predicted octanol–water partition coefficient (Wildman–Crippen LogP) is 4.67. The van der Waals surface area contributed by atoms with Gasteiger partial charge in [-0.15, -0.1) is 0 Å². The van der Waals surface area contributed by atoms with E-state index in [1.165, 1.54) is 19.3 Å². The maximum absolute atomic E-state index is 13.9. The lowest BCUT2D eigenvalue weighted by atomic mass is 9.94. The van der Waals surface area contributed by atoms with Crippen molar-refractivity contribution in [1.82, 2.24) is 4.90 Å². The van der Waals surface area contributed by atoms with Crippen molar-refractivity contribution in [3.8, 4) is 0 Å². The van der Waals surface area contributed by atoms with E-state index in [1.807, 2.05) is 7.05 Å². The topological polar surface area (TPSA) is 49.4 Å². The van der Waals surface area contributed by atoms with Gasteiger partial charge in [-0.3, -0.25) is 9.62 Å². The fourth-order valence-electron chi connectivity index (χ4n) is 3.59. The SMILES string of the molecule is CN(Cc1ccccc1NS(=O)(=O)c1cc(F)c(F)cc1F)C1CCCCC1. The lowest BCUT2D eigenvalue weighted by Crippen LogP contribution is -2.33. The smallest absolute Gasteiger partial charge is 0.264 e. The molecule has 28 heavy (non-hydrogen) atoms. The fourth-order valence-corrected chi connectivity index (χ4v) is 4.76.